The highest BCUT2D eigenvalue weighted by atomic mass is 35.5. The Hall–Kier alpha value is -3.86. The van der Waals surface area contributed by atoms with Gasteiger partial charge in [0.25, 0.3) is 0 Å². The van der Waals surface area contributed by atoms with Crippen molar-refractivity contribution in [2.45, 2.75) is 39.7 Å². The Labute approximate surface area is 269 Å². The topological polar surface area (TPSA) is 107 Å². The molecule has 2 aromatic heterocycles. The van der Waals surface area contributed by atoms with Crippen molar-refractivity contribution in [3.63, 3.8) is 0 Å². The molecule has 9 nitrogen and oxygen atoms in total. The third-order valence-electron chi connectivity index (χ3n) is 8.06. The summed E-state index contributed by atoms with van der Waals surface area (Å²) in [6.07, 6.45) is 1.63. The molecule has 5 rings (SSSR count). The van der Waals surface area contributed by atoms with Crippen LogP contribution in [0, 0.1) is 6.92 Å². The van der Waals surface area contributed by atoms with E-state index in [4.69, 9.17) is 26.2 Å². The van der Waals surface area contributed by atoms with E-state index < -0.39 is 16.0 Å². The largest absolute Gasteiger partial charge is 0.493 e. The van der Waals surface area contributed by atoms with Gasteiger partial charge in [0.15, 0.2) is 0 Å². The van der Waals surface area contributed by atoms with E-state index >= 15 is 0 Å². The number of aromatic nitrogens is 3. The molecule has 0 bridgehead atoms. The lowest BCUT2D eigenvalue weighted by Crippen LogP contribution is -2.29. The lowest BCUT2D eigenvalue weighted by molar-refractivity contribution is 0.0519. The van der Waals surface area contributed by atoms with Crippen molar-refractivity contribution in [1.29, 1.82) is 0 Å². The molecule has 0 aliphatic rings. The number of sulfonamides is 1. The fraction of sp³-hybridized carbons (Fsp3) is 0.353. The first-order valence-electron chi connectivity index (χ1n) is 15.1. The fourth-order valence-electron chi connectivity index (χ4n) is 5.71. The van der Waals surface area contributed by atoms with E-state index in [0.29, 0.717) is 37.3 Å². The normalized spacial score (nSPS) is 12.0. The van der Waals surface area contributed by atoms with Gasteiger partial charge in [-0.15, -0.1) is 11.6 Å². The molecule has 5 aromatic rings. The maximum absolute atomic E-state index is 13.2. The molecule has 0 atom stereocenters. The number of ether oxygens (including phenoxy) is 2. The second kappa shape index (κ2) is 14.1. The van der Waals surface area contributed by atoms with Crippen LogP contribution < -0.4 is 4.74 Å². The Kier molecular flexibility index (Phi) is 10.2. The lowest BCUT2D eigenvalue weighted by atomic mass is 9.98. The lowest BCUT2D eigenvalue weighted by Gasteiger charge is -2.17. The monoisotopic (exact) mass is 650 g/mol. The number of fused-ring (bicyclic) bond motifs is 2. The van der Waals surface area contributed by atoms with Crippen LogP contribution in [0.5, 0.6) is 5.75 Å². The second-order valence-corrected chi connectivity index (χ2v) is 13.6. The van der Waals surface area contributed by atoms with E-state index in [1.165, 1.54) is 4.31 Å². The molecule has 0 amide bonds. The van der Waals surface area contributed by atoms with E-state index in [9.17, 15) is 13.2 Å². The van der Waals surface area contributed by atoms with Crippen LogP contribution in [-0.2, 0) is 34.8 Å². The highest BCUT2D eigenvalue weighted by Gasteiger charge is 2.26. The van der Waals surface area contributed by atoms with E-state index in [-0.39, 0.29) is 24.8 Å². The second-order valence-electron chi connectivity index (χ2n) is 11.0. The molecular formula is C34H39ClN4O5S. The van der Waals surface area contributed by atoms with Crippen molar-refractivity contribution in [1.82, 2.24) is 19.1 Å². The number of para-hydroxylation sites is 1. The molecule has 0 spiro atoms. The maximum Gasteiger partial charge on any atom is 0.355 e. The number of hydrogen-bond donors (Lipinski definition) is 1. The summed E-state index contributed by atoms with van der Waals surface area (Å²) in [5.74, 6) is 0.652. The van der Waals surface area contributed by atoms with Gasteiger partial charge in [-0.25, -0.2) is 13.2 Å². The van der Waals surface area contributed by atoms with Crippen molar-refractivity contribution >= 4 is 49.3 Å². The molecule has 0 radical (unpaired) electrons. The quantitative estimate of drug-likeness (QED) is 0.0824. The summed E-state index contributed by atoms with van der Waals surface area (Å²) >= 11 is 5.76. The van der Waals surface area contributed by atoms with Gasteiger partial charge in [-0.3, -0.25) is 4.68 Å². The first kappa shape index (κ1) is 32.5. The van der Waals surface area contributed by atoms with Gasteiger partial charge in [0.2, 0.25) is 10.0 Å². The molecule has 1 N–H and O–H groups in total. The number of halogens is 1. The van der Waals surface area contributed by atoms with Gasteiger partial charge in [0.05, 0.1) is 36.7 Å². The summed E-state index contributed by atoms with van der Waals surface area (Å²) in [6.45, 7) is 4.56. The summed E-state index contributed by atoms with van der Waals surface area (Å²) in [4.78, 5) is 16.6. The Morgan fingerprint density at radius 1 is 1.04 bits per heavy atom. The van der Waals surface area contributed by atoms with Crippen LogP contribution in [0.3, 0.4) is 0 Å². The molecular weight excluding hydrogens is 612 g/mol. The SMILES string of the molecule is CCOC(=O)c1[nH]c2c(-c3c(CN(C)S(=O)(=O)CCCCl)nn(C)c3C)cccc2c1CCCOc1cccc2ccccc12. The van der Waals surface area contributed by atoms with Crippen molar-refractivity contribution in [3.8, 4) is 16.9 Å². The van der Waals surface area contributed by atoms with Gasteiger partial charge in [0, 0.05) is 47.6 Å². The summed E-state index contributed by atoms with van der Waals surface area (Å²) < 4.78 is 40.5. The van der Waals surface area contributed by atoms with Crippen LogP contribution in [0.25, 0.3) is 32.8 Å². The van der Waals surface area contributed by atoms with Crippen LogP contribution >= 0.6 is 11.6 Å². The third-order valence-corrected chi connectivity index (χ3v) is 10.2. The molecule has 0 aliphatic heterocycles. The molecule has 0 saturated carbocycles. The fourth-order valence-corrected chi connectivity index (χ4v) is 7.14. The number of benzene rings is 3. The smallest absolute Gasteiger partial charge is 0.355 e. The molecule has 11 heteroatoms. The maximum atomic E-state index is 13.2. The summed E-state index contributed by atoms with van der Waals surface area (Å²) in [5, 5.41) is 7.77. The molecule has 0 unspecified atom stereocenters. The van der Waals surface area contributed by atoms with Crippen molar-refractivity contribution in [3.05, 3.63) is 83.3 Å². The average molecular weight is 651 g/mol. The third kappa shape index (κ3) is 6.88. The van der Waals surface area contributed by atoms with Crippen LogP contribution in [0.2, 0.25) is 0 Å². The predicted molar refractivity (Wildman–Crippen MR) is 180 cm³/mol. The summed E-state index contributed by atoms with van der Waals surface area (Å²) in [5.41, 5.74) is 5.20. The van der Waals surface area contributed by atoms with Gasteiger partial charge < -0.3 is 14.5 Å². The number of alkyl halides is 1. The van der Waals surface area contributed by atoms with Crippen molar-refractivity contribution in [2.75, 3.05) is 31.9 Å². The first-order chi connectivity index (χ1) is 21.7. The van der Waals surface area contributed by atoms with Crippen LogP contribution in [0.4, 0.5) is 0 Å². The number of aromatic amines is 1. The molecule has 3 aromatic carbocycles. The Morgan fingerprint density at radius 3 is 2.56 bits per heavy atom. The number of aryl methyl sites for hydroxylation is 2. The van der Waals surface area contributed by atoms with E-state index in [1.807, 2.05) is 62.5 Å². The highest BCUT2D eigenvalue weighted by molar-refractivity contribution is 7.89. The van der Waals surface area contributed by atoms with Crippen LogP contribution in [-0.4, -0.2) is 65.4 Å². The van der Waals surface area contributed by atoms with Crippen LogP contribution in [0.1, 0.15) is 47.2 Å². The van der Waals surface area contributed by atoms with Crippen LogP contribution in [0.15, 0.2) is 60.7 Å². The van der Waals surface area contributed by atoms with Gasteiger partial charge in [-0.1, -0.05) is 54.6 Å². The standard InChI is InChI=1S/C34H39ClN4O5S/c1-5-43-34(40)33-27(17-10-20-44-30-18-8-13-24-12-6-7-14-25(24)30)26-15-9-16-28(32(26)36-33)31-23(2)39(4)37-29(31)22-38(3)45(41,42)21-11-19-35/h6-9,12-16,18,36H,5,10-11,17,19-22H2,1-4H3. The molecule has 45 heavy (non-hydrogen) atoms. The predicted octanol–water partition coefficient (Wildman–Crippen LogP) is 6.61. The number of rotatable bonds is 14. The van der Waals surface area contributed by atoms with E-state index in [2.05, 4.69) is 17.1 Å². The minimum absolute atomic E-state index is 0.0309. The minimum Gasteiger partial charge on any atom is -0.493 e. The zero-order valence-electron chi connectivity index (χ0n) is 26.1. The van der Waals surface area contributed by atoms with Gasteiger partial charge in [-0.05, 0) is 50.1 Å². The highest BCUT2D eigenvalue weighted by Crippen LogP contribution is 2.36. The Bertz CT molecular complexity index is 1930. The number of carbonyl (C=O) groups excluding carboxylic acids is 1. The molecule has 0 saturated heterocycles. The van der Waals surface area contributed by atoms with Gasteiger partial charge in [-0.2, -0.15) is 9.40 Å². The van der Waals surface area contributed by atoms with Gasteiger partial charge >= 0.3 is 5.97 Å². The number of hydrogen-bond acceptors (Lipinski definition) is 6. The molecule has 0 fully saturated rings. The zero-order valence-corrected chi connectivity index (χ0v) is 27.7. The average Bonchev–Trinajstić information content (AvgIpc) is 3.54. The Morgan fingerprint density at radius 2 is 1.78 bits per heavy atom. The van der Waals surface area contributed by atoms with E-state index in [0.717, 1.165) is 49.8 Å². The zero-order chi connectivity index (χ0) is 32.1. The number of H-pyrrole nitrogens is 1. The number of carbonyl (C=O) groups is 1. The number of nitrogens with zero attached hydrogens (tertiary/aromatic N) is 3. The van der Waals surface area contributed by atoms with Gasteiger partial charge in [0.1, 0.15) is 11.4 Å². The molecule has 0 aliphatic carbocycles. The van der Waals surface area contributed by atoms with E-state index in [1.54, 1.807) is 18.7 Å². The summed E-state index contributed by atoms with van der Waals surface area (Å²) in [6, 6.07) is 20.0. The van der Waals surface area contributed by atoms with Crippen molar-refractivity contribution in [2.24, 2.45) is 7.05 Å². The molecule has 238 valence electrons. The first-order valence-corrected chi connectivity index (χ1v) is 17.2. The Balaban J connectivity index is 1.48. The number of nitrogens with one attached hydrogen (secondary N) is 1. The number of esters is 1. The van der Waals surface area contributed by atoms with Crippen molar-refractivity contribution < 1.29 is 22.7 Å². The summed E-state index contributed by atoms with van der Waals surface area (Å²) in [7, 11) is -0.115. The minimum atomic E-state index is -3.51. The molecule has 2 heterocycles.